The molecule has 152 valence electrons. The Labute approximate surface area is 169 Å². The first kappa shape index (κ1) is 23.5. The molecule has 1 rings (SSSR count). The Hall–Kier alpha value is -1.49. The lowest BCUT2D eigenvalue weighted by atomic mass is 10.0. The van der Waals surface area contributed by atoms with Gasteiger partial charge in [0.15, 0.2) is 5.78 Å². The van der Waals surface area contributed by atoms with Crippen molar-refractivity contribution in [3.05, 3.63) is 23.3 Å². The Morgan fingerprint density at radius 2 is 1.67 bits per heavy atom. The average Bonchev–Trinajstić information content (AvgIpc) is 2.62. The maximum atomic E-state index is 11.9. The van der Waals surface area contributed by atoms with Crippen molar-refractivity contribution in [2.75, 3.05) is 13.2 Å². The van der Waals surface area contributed by atoms with Crippen LogP contribution in [0.4, 0.5) is 0 Å². The molecule has 0 bridgehead atoms. The summed E-state index contributed by atoms with van der Waals surface area (Å²) in [5.41, 5.74) is 1.68. The van der Waals surface area contributed by atoms with Gasteiger partial charge in [-0.05, 0) is 45.2 Å². The van der Waals surface area contributed by atoms with E-state index < -0.39 is 0 Å². The lowest BCUT2D eigenvalue weighted by Crippen LogP contribution is -2.07. The second-order valence-corrected chi connectivity index (χ2v) is 7.25. The average molecular weight is 395 g/mol. The Kier molecular flexibility index (Phi) is 11.9. The first-order valence-electron chi connectivity index (χ1n) is 10.1. The van der Waals surface area contributed by atoms with Crippen LogP contribution in [0.1, 0.15) is 88.1 Å². The molecule has 1 aromatic carbocycles. The molecule has 0 saturated carbocycles. The van der Waals surface area contributed by atoms with Crippen LogP contribution < -0.4 is 4.74 Å². The fourth-order valence-corrected chi connectivity index (χ4v) is 3.32. The van der Waals surface area contributed by atoms with Gasteiger partial charge in [0, 0.05) is 16.9 Å². The van der Waals surface area contributed by atoms with Crippen LogP contribution in [0.2, 0.25) is 0 Å². The molecule has 27 heavy (non-hydrogen) atoms. The van der Waals surface area contributed by atoms with E-state index in [1.807, 2.05) is 19.1 Å². The van der Waals surface area contributed by atoms with Crippen LogP contribution in [0.25, 0.3) is 0 Å². The minimum Gasteiger partial charge on any atom is -0.493 e. The third kappa shape index (κ3) is 8.83. The van der Waals surface area contributed by atoms with E-state index in [0.29, 0.717) is 30.9 Å². The number of esters is 1. The molecule has 0 N–H and O–H groups in total. The zero-order valence-corrected chi connectivity index (χ0v) is 17.9. The predicted molar refractivity (Wildman–Crippen MR) is 112 cm³/mol. The van der Waals surface area contributed by atoms with E-state index >= 15 is 0 Å². The highest BCUT2D eigenvalue weighted by atomic mass is 32.1. The van der Waals surface area contributed by atoms with Gasteiger partial charge < -0.3 is 9.47 Å². The largest absolute Gasteiger partial charge is 0.493 e. The zero-order valence-electron chi connectivity index (χ0n) is 17.0. The first-order chi connectivity index (χ1) is 13.0. The number of Topliss-reactive ketones (excluding diaryl/α,β-unsaturated/α-hetero) is 1. The summed E-state index contributed by atoms with van der Waals surface area (Å²) in [5, 5.41) is 0. The number of ether oxygens (including phenoxy) is 2. The predicted octanol–water partition coefficient (Wildman–Crippen LogP) is 5.80. The maximum Gasteiger partial charge on any atom is 0.305 e. The molecule has 0 amide bonds. The fraction of sp³-hybridized carbons (Fsp3) is 0.636. The molecule has 0 aromatic heterocycles. The number of hydrogen-bond acceptors (Lipinski definition) is 5. The van der Waals surface area contributed by atoms with Crippen molar-refractivity contribution >= 4 is 24.4 Å². The summed E-state index contributed by atoms with van der Waals surface area (Å²) < 4.78 is 10.9. The minimum atomic E-state index is -0.0959. The summed E-state index contributed by atoms with van der Waals surface area (Å²) in [6.45, 7) is 6.58. The number of hydrogen-bond donors (Lipinski definition) is 1. The molecule has 0 fully saturated rings. The molecule has 0 radical (unpaired) electrons. The number of rotatable bonds is 14. The highest BCUT2D eigenvalue weighted by Gasteiger charge is 2.15. The molecule has 0 unspecified atom stereocenters. The van der Waals surface area contributed by atoms with Gasteiger partial charge in [-0.25, -0.2) is 0 Å². The SMILES string of the molecule is CCCc1c(S)ccc(C(C)=O)c1OCCCCCCCCC(=O)OCC. The number of thiol groups is 1. The third-order valence-corrected chi connectivity index (χ3v) is 4.86. The Morgan fingerprint density at radius 3 is 2.30 bits per heavy atom. The molecule has 0 aliphatic rings. The highest BCUT2D eigenvalue weighted by molar-refractivity contribution is 7.80. The van der Waals surface area contributed by atoms with Gasteiger partial charge in [0.2, 0.25) is 0 Å². The van der Waals surface area contributed by atoms with Crippen molar-refractivity contribution < 1.29 is 19.1 Å². The second kappa shape index (κ2) is 13.6. The standard InChI is InChI=1S/C22H34O4S/c1-4-12-19-20(27)15-14-18(17(3)23)22(19)26-16-11-9-7-6-8-10-13-21(24)25-5-2/h14-15,27H,4-13,16H2,1-3H3. The van der Waals surface area contributed by atoms with Gasteiger partial charge in [0.05, 0.1) is 18.8 Å². The first-order valence-corrected chi connectivity index (χ1v) is 10.6. The van der Waals surface area contributed by atoms with Gasteiger partial charge in [-0.3, -0.25) is 9.59 Å². The molecular formula is C22H34O4S. The lowest BCUT2D eigenvalue weighted by molar-refractivity contribution is -0.143. The third-order valence-electron chi connectivity index (χ3n) is 4.44. The van der Waals surface area contributed by atoms with Gasteiger partial charge in [-0.2, -0.15) is 0 Å². The Balaban J connectivity index is 2.34. The fourth-order valence-electron chi connectivity index (χ4n) is 3.04. The van der Waals surface area contributed by atoms with Crippen LogP contribution in [0.15, 0.2) is 17.0 Å². The number of benzene rings is 1. The van der Waals surface area contributed by atoms with Crippen LogP contribution in [-0.2, 0) is 16.0 Å². The second-order valence-electron chi connectivity index (χ2n) is 6.77. The van der Waals surface area contributed by atoms with Crippen molar-refractivity contribution in [1.82, 2.24) is 0 Å². The Morgan fingerprint density at radius 1 is 1.00 bits per heavy atom. The molecule has 0 spiro atoms. The summed E-state index contributed by atoms with van der Waals surface area (Å²) in [6.07, 6.45) is 8.59. The number of carbonyl (C=O) groups is 2. The maximum absolute atomic E-state index is 11.9. The Bertz CT molecular complexity index is 598. The highest BCUT2D eigenvalue weighted by Crippen LogP contribution is 2.31. The van der Waals surface area contributed by atoms with Crippen LogP contribution in [-0.4, -0.2) is 25.0 Å². The summed E-state index contributed by atoms with van der Waals surface area (Å²) >= 11 is 4.53. The molecule has 0 aliphatic carbocycles. The van der Waals surface area contributed by atoms with Crippen LogP contribution >= 0.6 is 12.6 Å². The van der Waals surface area contributed by atoms with E-state index in [1.54, 1.807) is 6.92 Å². The van der Waals surface area contributed by atoms with Crippen molar-refractivity contribution in [1.29, 1.82) is 0 Å². The summed E-state index contributed by atoms with van der Waals surface area (Å²) in [4.78, 5) is 24.1. The van der Waals surface area contributed by atoms with Crippen molar-refractivity contribution in [2.24, 2.45) is 0 Å². The zero-order chi connectivity index (χ0) is 20.1. The van der Waals surface area contributed by atoms with Crippen molar-refractivity contribution in [3.63, 3.8) is 0 Å². The van der Waals surface area contributed by atoms with Gasteiger partial charge in [-0.15, -0.1) is 12.6 Å². The topological polar surface area (TPSA) is 52.6 Å². The van der Waals surface area contributed by atoms with Crippen LogP contribution in [0.3, 0.4) is 0 Å². The number of unbranched alkanes of at least 4 members (excludes halogenated alkanes) is 5. The van der Waals surface area contributed by atoms with E-state index in [2.05, 4.69) is 19.6 Å². The molecule has 0 heterocycles. The van der Waals surface area contributed by atoms with Gasteiger partial charge >= 0.3 is 5.97 Å². The van der Waals surface area contributed by atoms with E-state index in [1.165, 1.54) is 0 Å². The van der Waals surface area contributed by atoms with Gasteiger partial charge in [0.1, 0.15) is 5.75 Å². The van der Waals surface area contributed by atoms with E-state index in [9.17, 15) is 9.59 Å². The van der Waals surface area contributed by atoms with Crippen LogP contribution in [0, 0.1) is 0 Å². The molecular weight excluding hydrogens is 360 g/mol. The molecule has 4 nitrogen and oxygen atoms in total. The molecule has 1 aromatic rings. The summed E-state index contributed by atoms with van der Waals surface area (Å²) in [7, 11) is 0. The van der Waals surface area contributed by atoms with Crippen molar-refractivity contribution in [3.8, 4) is 5.75 Å². The van der Waals surface area contributed by atoms with Gasteiger partial charge in [0.25, 0.3) is 0 Å². The van der Waals surface area contributed by atoms with E-state index in [-0.39, 0.29) is 11.8 Å². The summed E-state index contributed by atoms with van der Waals surface area (Å²) in [6, 6.07) is 3.69. The summed E-state index contributed by atoms with van der Waals surface area (Å²) in [5.74, 6) is 0.644. The number of ketones is 1. The molecule has 0 atom stereocenters. The molecule has 0 aliphatic heterocycles. The van der Waals surface area contributed by atoms with Gasteiger partial charge in [-0.1, -0.05) is 39.0 Å². The van der Waals surface area contributed by atoms with Crippen LogP contribution in [0.5, 0.6) is 5.75 Å². The quantitative estimate of drug-likeness (QED) is 0.187. The normalized spacial score (nSPS) is 10.7. The molecule has 5 heteroatoms. The number of carbonyl (C=O) groups excluding carboxylic acids is 2. The minimum absolute atomic E-state index is 0.0253. The monoisotopic (exact) mass is 394 g/mol. The van der Waals surface area contributed by atoms with Crippen molar-refractivity contribution in [2.45, 2.75) is 83.5 Å². The van der Waals surface area contributed by atoms with E-state index in [0.717, 1.165) is 61.8 Å². The molecule has 0 saturated heterocycles. The smallest absolute Gasteiger partial charge is 0.305 e. The lowest BCUT2D eigenvalue weighted by Gasteiger charge is -2.16. The van der Waals surface area contributed by atoms with E-state index in [4.69, 9.17) is 9.47 Å².